The van der Waals surface area contributed by atoms with Gasteiger partial charge in [-0.05, 0) is 24.6 Å². The summed E-state index contributed by atoms with van der Waals surface area (Å²) in [4.78, 5) is 16.4. The number of hydrogen-bond acceptors (Lipinski definition) is 6. The number of ether oxygens (including phenoxy) is 3. The van der Waals surface area contributed by atoms with E-state index in [9.17, 15) is 4.79 Å². The van der Waals surface area contributed by atoms with Crippen molar-refractivity contribution in [3.05, 3.63) is 33.8 Å². The second-order valence-corrected chi connectivity index (χ2v) is 5.91. The van der Waals surface area contributed by atoms with Gasteiger partial charge in [-0.2, -0.15) is 0 Å². The van der Waals surface area contributed by atoms with Gasteiger partial charge >= 0.3 is 0 Å². The maximum Gasteiger partial charge on any atom is 0.224 e. The van der Waals surface area contributed by atoms with E-state index >= 15 is 0 Å². The van der Waals surface area contributed by atoms with E-state index in [1.165, 1.54) is 0 Å². The maximum absolute atomic E-state index is 12.1. The minimum atomic E-state index is -0.0927. The van der Waals surface area contributed by atoms with Crippen LogP contribution in [0.15, 0.2) is 17.5 Å². The highest BCUT2D eigenvalue weighted by atomic mass is 32.1. The number of aryl methyl sites for hydroxylation is 1. The summed E-state index contributed by atoms with van der Waals surface area (Å²) in [6, 6.07) is 3.54. The molecule has 23 heavy (non-hydrogen) atoms. The molecule has 0 aliphatic carbocycles. The number of carbonyl (C=O) groups excluding carboxylic acids is 1. The van der Waals surface area contributed by atoms with Crippen LogP contribution in [0.1, 0.15) is 16.3 Å². The third kappa shape index (κ3) is 4.35. The van der Waals surface area contributed by atoms with Crippen LogP contribution in [-0.4, -0.2) is 32.2 Å². The van der Waals surface area contributed by atoms with Gasteiger partial charge in [0.2, 0.25) is 11.7 Å². The summed E-state index contributed by atoms with van der Waals surface area (Å²) in [6.45, 7) is 2.36. The van der Waals surface area contributed by atoms with Gasteiger partial charge in [-0.15, -0.1) is 11.3 Å². The first-order valence-electron chi connectivity index (χ1n) is 7.04. The number of nitrogens with one attached hydrogen (secondary N) is 1. The molecule has 0 spiro atoms. The van der Waals surface area contributed by atoms with Crippen LogP contribution in [0, 0.1) is 6.92 Å². The van der Waals surface area contributed by atoms with Gasteiger partial charge in [0, 0.05) is 5.38 Å². The van der Waals surface area contributed by atoms with E-state index < -0.39 is 0 Å². The van der Waals surface area contributed by atoms with E-state index in [0.29, 0.717) is 23.8 Å². The highest BCUT2D eigenvalue weighted by Gasteiger charge is 2.15. The highest BCUT2D eigenvalue weighted by Crippen LogP contribution is 2.38. The molecule has 7 heteroatoms. The number of methoxy groups -OCH3 is 3. The third-order valence-corrected chi connectivity index (χ3v) is 4.04. The Labute approximate surface area is 139 Å². The lowest BCUT2D eigenvalue weighted by molar-refractivity contribution is -0.120. The van der Waals surface area contributed by atoms with Crippen molar-refractivity contribution in [2.75, 3.05) is 21.3 Å². The summed E-state index contributed by atoms with van der Waals surface area (Å²) in [5.74, 6) is 1.48. The summed E-state index contributed by atoms with van der Waals surface area (Å²) >= 11 is 1.56. The first-order valence-corrected chi connectivity index (χ1v) is 7.92. The molecule has 0 unspecified atom stereocenters. The Hall–Kier alpha value is -2.28. The Morgan fingerprint density at radius 1 is 1.17 bits per heavy atom. The Morgan fingerprint density at radius 2 is 1.83 bits per heavy atom. The number of benzene rings is 1. The average Bonchev–Trinajstić information content (AvgIpc) is 2.97. The van der Waals surface area contributed by atoms with Crippen molar-refractivity contribution in [2.24, 2.45) is 0 Å². The molecule has 6 nitrogen and oxygen atoms in total. The Balaban J connectivity index is 2.05. The summed E-state index contributed by atoms with van der Waals surface area (Å²) in [5, 5.41) is 5.78. The van der Waals surface area contributed by atoms with Crippen LogP contribution in [0.2, 0.25) is 0 Å². The zero-order chi connectivity index (χ0) is 16.8. The van der Waals surface area contributed by atoms with E-state index in [1.54, 1.807) is 44.8 Å². The van der Waals surface area contributed by atoms with Gasteiger partial charge in [0.1, 0.15) is 0 Å². The standard InChI is InChI=1S/C16H20N2O4S/c1-10-18-12(9-23-10)8-17-15(19)7-11-5-13(20-2)16(22-4)14(6-11)21-3/h5-6,9H,7-8H2,1-4H3,(H,17,19). The minimum absolute atomic E-state index is 0.0927. The highest BCUT2D eigenvalue weighted by molar-refractivity contribution is 7.09. The Bertz CT molecular complexity index is 659. The Morgan fingerprint density at radius 3 is 2.30 bits per heavy atom. The fourth-order valence-corrected chi connectivity index (χ4v) is 2.78. The molecule has 0 bridgehead atoms. The molecule has 0 atom stereocenters. The predicted octanol–water partition coefficient (Wildman–Crippen LogP) is 2.34. The number of thiazole rings is 1. The van der Waals surface area contributed by atoms with E-state index in [1.807, 2.05) is 12.3 Å². The smallest absolute Gasteiger partial charge is 0.224 e. The molecule has 0 radical (unpaired) electrons. The van der Waals surface area contributed by atoms with Crippen LogP contribution >= 0.6 is 11.3 Å². The van der Waals surface area contributed by atoms with Crippen molar-refractivity contribution in [2.45, 2.75) is 19.9 Å². The number of amides is 1. The van der Waals surface area contributed by atoms with Crippen LogP contribution in [0.25, 0.3) is 0 Å². The number of aromatic nitrogens is 1. The fourth-order valence-electron chi connectivity index (χ4n) is 2.16. The normalized spacial score (nSPS) is 10.3. The van der Waals surface area contributed by atoms with Gasteiger partial charge in [-0.1, -0.05) is 0 Å². The molecule has 0 aliphatic heterocycles. The van der Waals surface area contributed by atoms with Crippen molar-refractivity contribution in [1.82, 2.24) is 10.3 Å². The molecule has 0 saturated carbocycles. The number of nitrogens with zero attached hydrogens (tertiary/aromatic N) is 1. The summed E-state index contributed by atoms with van der Waals surface area (Å²) in [7, 11) is 4.64. The van der Waals surface area contributed by atoms with Crippen LogP contribution < -0.4 is 19.5 Å². The molecule has 1 aromatic heterocycles. The van der Waals surface area contributed by atoms with Crippen molar-refractivity contribution < 1.29 is 19.0 Å². The lowest BCUT2D eigenvalue weighted by atomic mass is 10.1. The molecule has 124 valence electrons. The molecular weight excluding hydrogens is 316 g/mol. The maximum atomic E-state index is 12.1. The SMILES string of the molecule is COc1cc(CC(=O)NCc2csc(C)n2)cc(OC)c1OC. The zero-order valence-electron chi connectivity index (χ0n) is 13.6. The van der Waals surface area contributed by atoms with Crippen molar-refractivity contribution in [3.8, 4) is 17.2 Å². The molecular formula is C16H20N2O4S. The molecule has 0 saturated heterocycles. The molecule has 0 aliphatic rings. The third-order valence-electron chi connectivity index (χ3n) is 3.22. The first kappa shape index (κ1) is 17.1. The minimum Gasteiger partial charge on any atom is -0.493 e. The molecule has 1 heterocycles. The quantitative estimate of drug-likeness (QED) is 0.840. The molecule has 2 aromatic rings. The van der Waals surface area contributed by atoms with Crippen LogP contribution in [0.4, 0.5) is 0 Å². The van der Waals surface area contributed by atoms with Gasteiger partial charge in [-0.25, -0.2) is 4.98 Å². The Kier molecular flexibility index (Phi) is 5.81. The number of carbonyl (C=O) groups is 1. The largest absolute Gasteiger partial charge is 0.493 e. The van der Waals surface area contributed by atoms with E-state index in [2.05, 4.69) is 10.3 Å². The zero-order valence-corrected chi connectivity index (χ0v) is 14.5. The topological polar surface area (TPSA) is 69.7 Å². The molecule has 0 fully saturated rings. The lowest BCUT2D eigenvalue weighted by Crippen LogP contribution is -2.24. The van der Waals surface area contributed by atoms with Crippen LogP contribution in [0.5, 0.6) is 17.2 Å². The molecule has 1 aromatic carbocycles. The van der Waals surface area contributed by atoms with Crippen molar-refractivity contribution in [1.29, 1.82) is 0 Å². The van der Waals surface area contributed by atoms with Crippen molar-refractivity contribution >= 4 is 17.2 Å². The summed E-state index contributed by atoms with van der Waals surface area (Å²) in [5.41, 5.74) is 1.65. The predicted molar refractivity (Wildman–Crippen MR) is 88.5 cm³/mol. The molecule has 1 amide bonds. The fraction of sp³-hybridized carbons (Fsp3) is 0.375. The second kappa shape index (κ2) is 7.82. The monoisotopic (exact) mass is 336 g/mol. The van der Waals surface area contributed by atoms with Gasteiger partial charge in [0.25, 0.3) is 0 Å². The van der Waals surface area contributed by atoms with E-state index in [4.69, 9.17) is 14.2 Å². The van der Waals surface area contributed by atoms with Gasteiger partial charge in [-0.3, -0.25) is 4.79 Å². The summed E-state index contributed by atoms with van der Waals surface area (Å²) < 4.78 is 15.8. The first-order chi connectivity index (χ1) is 11.1. The lowest BCUT2D eigenvalue weighted by Gasteiger charge is -2.14. The molecule has 1 N–H and O–H groups in total. The van der Waals surface area contributed by atoms with Crippen LogP contribution in [-0.2, 0) is 17.8 Å². The summed E-state index contributed by atoms with van der Waals surface area (Å²) in [6.07, 6.45) is 0.222. The molecule has 2 rings (SSSR count). The van der Waals surface area contributed by atoms with E-state index in [0.717, 1.165) is 16.3 Å². The van der Waals surface area contributed by atoms with Crippen molar-refractivity contribution in [3.63, 3.8) is 0 Å². The second-order valence-electron chi connectivity index (χ2n) is 4.84. The van der Waals surface area contributed by atoms with E-state index in [-0.39, 0.29) is 12.3 Å². The van der Waals surface area contributed by atoms with Crippen LogP contribution in [0.3, 0.4) is 0 Å². The number of rotatable bonds is 7. The average molecular weight is 336 g/mol. The van der Waals surface area contributed by atoms with Gasteiger partial charge in [0.15, 0.2) is 11.5 Å². The number of hydrogen-bond donors (Lipinski definition) is 1. The van der Waals surface area contributed by atoms with Gasteiger partial charge < -0.3 is 19.5 Å². The van der Waals surface area contributed by atoms with Gasteiger partial charge in [0.05, 0.1) is 45.0 Å².